The highest BCUT2D eigenvalue weighted by molar-refractivity contribution is 5.95. The highest BCUT2D eigenvalue weighted by atomic mass is 16.2. The van der Waals surface area contributed by atoms with E-state index in [1.165, 1.54) is 6.92 Å². The molecule has 2 rings (SSSR count). The van der Waals surface area contributed by atoms with Crippen LogP contribution in [0.4, 0.5) is 17.1 Å². The third-order valence-electron chi connectivity index (χ3n) is 4.62. The summed E-state index contributed by atoms with van der Waals surface area (Å²) in [4.78, 5) is 36.9. The number of likely N-dealkylation sites (N-methyl/N-ethyl adjacent to an activating group) is 1. The molecule has 0 bridgehead atoms. The summed E-state index contributed by atoms with van der Waals surface area (Å²) in [5.74, 6) is -0.580. The molecule has 156 valence electrons. The second-order valence-electron chi connectivity index (χ2n) is 6.90. The second kappa shape index (κ2) is 10.7. The lowest BCUT2D eigenvalue weighted by molar-refractivity contribution is -0.904. The number of carbonyl (C=O) groups excluding carboxylic acids is 3. The van der Waals surface area contributed by atoms with Gasteiger partial charge in [-0.3, -0.25) is 14.4 Å². The first-order valence-electron chi connectivity index (χ1n) is 9.65. The Morgan fingerprint density at radius 3 is 1.93 bits per heavy atom. The molecule has 0 heterocycles. The zero-order valence-corrected chi connectivity index (χ0v) is 17.3. The molecule has 1 unspecified atom stereocenters. The number of anilines is 3. The fourth-order valence-corrected chi connectivity index (χ4v) is 2.90. The summed E-state index contributed by atoms with van der Waals surface area (Å²) < 4.78 is 0. The van der Waals surface area contributed by atoms with E-state index in [9.17, 15) is 14.4 Å². The lowest BCUT2D eigenvalue weighted by Gasteiger charge is -2.23. The van der Waals surface area contributed by atoms with Gasteiger partial charge in [0.1, 0.15) is 0 Å². The van der Waals surface area contributed by atoms with Crippen LogP contribution >= 0.6 is 0 Å². The van der Waals surface area contributed by atoms with E-state index in [1.807, 2.05) is 13.0 Å². The molecule has 2 atom stereocenters. The molecule has 2 aromatic carbocycles. The third-order valence-corrected chi connectivity index (χ3v) is 4.62. The normalized spacial score (nSPS) is 12.2. The molecule has 0 radical (unpaired) electrons. The van der Waals surface area contributed by atoms with Crippen molar-refractivity contribution in [3.05, 3.63) is 54.1 Å². The van der Waals surface area contributed by atoms with Gasteiger partial charge in [-0.15, -0.1) is 0 Å². The first-order chi connectivity index (χ1) is 14.3. The fraction of sp³-hybridized carbons (Fsp3) is 0.273. The molecule has 3 amide bonds. The van der Waals surface area contributed by atoms with Gasteiger partial charge in [0.05, 0.1) is 18.2 Å². The van der Waals surface area contributed by atoms with Gasteiger partial charge in [0.15, 0.2) is 12.6 Å². The van der Waals surface area contributed by atoms with E-state index in [-0.39, 0.29) is 24.3 Å². The Morgan fingerprint density at radius 1 is 0.933 bits per heavy atom. The number of carbonyl (C=O) groups is 3. The zero-order chi connectivity index (χ0) is 22.1. The lowest BCUT2D eigenvalue weighted by Crippen LogP contribution is -3.17. The van der Waals surface area contributed by atoms with Crippen molar-refractivity contribution < 1.29 is 19.3 Å². The van der Waals surface area contributed by atoms with Gasteiger partial charge in [0, 0.05) is 24.0 Å². The Morgan fingerprint density at radius 2 is 1.43 bits per heavy atom. The molecule has 0 saturated heterocycles. The van der Waals surface area contributed by atoms with E-state index in [1.54, 1.807) is 55.5 Å². The molecule has 0 aliphatic heterocycles. The molecule has 0 spiro atoms. The summed E-state index contributed by atoms with van der Waals surface area (Å²) in [7, 11) is 0. The molecule has 0 aliphatic rings. The zero-order valence-electron chi connectivity index (χ0n) is 17.3. The van der Waals surface area contributed by atoms with E-state index in [4.69, 9.17) is 5.26 Å². The molecule has 0 aliphatic carbocycles. The topological polar surface area (TPSA) is 116 Å². The number of amides is 3. The molecule has 0 fully saturated rings. The maximum absolute atomic E-state index is 12.6. The Bertz CT molecular complexity index is 933. The van der Waals surface area contributed by atoms with Gasteiger partial charge < -0.3 is 20.9 Å². The highest BCUT2D eigenvalue weighted by Crippen LogP contribution is 2.13. The minimum absolute atomic E-state index is 0.131. The number of nitriles is 1. The van der Waals surface area contributed by atoms with Crippen LogP contribution in [0.2, 0.25) is 0 Å². The SMILES string of the molecule is CC[NH+](CC(=O)Nc1ccc(NC(C)=O)cc1)[C@H](C)C(=O)Nc1ccc(C#N)cc1. The Kier molecular flexibility index (Phi) is 8.08. The predicted octanol–water partition coefficient (Wildman–Crippen LogP) is 1.39. The van der Waals surface area contributed by atoms with Crippen molar-refractivity contribution in [1.29, 1.82) is 5.26 Å². The van der Waals surface area contributed by atoms with Gasteiger partial charge in [0.2, 0.25) is 5.91 Å². The Hall–Kier alpha value is -3.70. The van der Waals surface area contributed by atoms with Crippen LogP contribution in [0.15, 0.2) is 48.5 Å². The molecule has 8 heteroatoms. The van der Waals surface area contributed by atoms with Gasteiger partial charge in [-0.2, -0.15) is 5.26 Å². The van der Waals surface area contributed by atoms with Crippen LogP contribution < -0.4 is 20.9 Å². The van der Waals surface area contributed by atoms with E-state index in [0.717, 1.165) is 4.90 Å². The van der Waals surface area contributed by atoms with Crippen LogP contribution in [-0.2, 0) is 14.4 Å². The van der Waals surface area contributed by atoms with Gasteiger partial charge in [-0.25, -0.2) is 0 Å². The largest absolute Gasteiger partial charge is 0.326 e. The van der Waals surface area contributed by atoms with Crippen LogP contribution in [0.1, 0.15) is 26.3 Å². The van der Waals surface area contributed by atoms with Crippen molar-refractivity contribution in [2.45, 2.75) is 26.8 Å². The molecule has 0 saturated carbocycles. The van der Waals surface area contributed by atoms with Crippen molar-refractivity contribution in [3.8, 4) is 6.07 Å². The van der Waals surface area contributed by atoms with Gasteiger partial charge in [0.25, 0.3) is 11.8 Å². The van der Waals surface area contributed by atoms with E-state index in [0.29, 0.717) is 29.2 Å². The maximum Gasteiger partial charge on any atom is 0.282 e. The smallest absolute Gasteiger partial charge is 0.282 e. The molecular weight excluding hydrogens is 382 g/mol. The minimum atomic E-state index is -0.446. The van der Waals surface area contributed by atoms with Crippen molar-refractivity contribution in [2.24, 2.45) is 0 Å². The molecule has 30 heavy (non-hydrogen) atoms. The monoisotopic (exact) mass is 408 g/mol. The summed E-state index contributed by atoms with van der Waals surface area (Å²) in [5.41, 5.74) is 2.38. The fourth-order valence-electron chi connectivity index (χ4n) is 2.90. The quantitative estimate of drug-likeness (QED) is 0.528. The summed E-state index contributed by atoms with van der Waals surface area (Å²) in [6.45, 7) is 5.84. The van der Waals surface area contributed by atoms with Crippen molar-refractivity contribution >= 4 is 34.8 Å². The van der Waals surface area contributed by atoms with Crippen molar-refractivity contribution in [3.63, 3.8) is 0 Å². The predicted molar refractivity (Wildman–Crippen MR) is 115 cm³/mol. The molecule has 4 N–H and O–H groups in total. The average Bonchev–Trinajstić information content (AvgIpc) is 2.73. The molecule has 8 nitrogen and oxygen atoms in total. The van der Waals surface area contributed by atoms with Crippen LogP contribution in [-0.4, -0.2) is 36.9 Å². The summed E-state index contributed by atoms with van der Waals surface area (Å²) in [6, 6.07) is 15.0. The van der Waals surface area contributed by atoms with Gasteiger partial charge >= 0.3 is 0 Å². The molecule has 0 aromatic heterocycles. The van der Waals surface area contributed by atoms with Gasteiger partial charge in [-0.05, 0) is 62.4 Å². The van der Waals surface area contributed by atoms with E-state index in [2.05, 4.69) is 16.0 Å². The average molecular weight is 408 g/mol. The maximum atomic E-state index is 12.6. The number of hydrogen-bond acceptors (Lipinski definition) is 4. The standard InChI is InChI=1S/C22H25N5O3/c1-4-27(15(2)22(30)26-20-7-5-17(13-23)6-8-20)14-21(29)25-19-11-9-18(10-12-19)24-16(3)28/h5-12,15H,4,14H2,1-3H3,(H,24,28)(H,25,29)(H,26,30)/p+1/t15-/m1/s1. The third kappa shape index (κ3) is 6.72. The van der Waals surface area contributed by atoms with Crippen LogP contribution in [0.3, 0.4) is 0 Å². The molecule has 2 aromatic rings. The van der Waals surface area contributed by atoms with Crippen LogP contribution in [0.25, 0.3) is 0 Å². The summed E-state index contributed by atoms with van der Waals surface area (Å²) in [6.07, 6.45) is 0. The van der Waals surface area contributed by atoms with Crippen LogP contribution in [0, 0.1) is 11.3 Å². The first kappa shape index (κ1) is 22.6. The lowest BCUT2D eigenvalue weighted by atomic mass is 10.2. The number of hydrogen-bond donors (Lipinski definition) is 4. The summed E-state index contributed by atoms with van der Waals surface area (Å²) >= 11 is 0. The number of nitrogens with zero attached hydrogens (tertiary/aromatic N) is 1. The number of nitrogens with one attached hydrogen (secondary N) is 4. The number of rotatable bonds is 8. The molecular formula is C22H26N5O3+. The minimum Gasteiger partial charge on any atom is -0.326 e. The van der Waals surface area contributed by atoms with Crippen molar-refractivity contribution in [2.75, 3.05) is 29.0 Å². The van der Waals surface area contributed by atoms with E-state index < -0.39 is 6.04 Å². The number of benzene rings is 2. The second-order valence-corrected chi connectivity index (χ2v) is 6.90. The van der Waals surface area contributed by atoms with Gasteiger partial charge in [-0.1, -0.05) is 0 Å². The Balaban J connectivity index is 1.92. The number of quaternary nitrogens is 1. The first-order valence-corrected chi connectivity index (χ1v) is 9.65. The van der Waals surface area contributed by atoms with Crippen molar-refractivity contribution in [1.82, 2.24) is 0 Å². The van der Waals surface area contributed by atoms with E-state index >= 15 is 0 Å². The Labute approximate surface area is 175 Å². The van der Waals surface area contributed by atoms with Crippen LogP contribution in [0.5, 0.6) is 0 Å². The summed E-state index contributed by atoms with van der Waals surface area (Å²) in [5, 5.41) is 17.1. The highest BCUT2D eigenvalue weighted by Gasteiger charge is 2.26.